The summed E-state index contributed by atoms with van der Waals surface area (Å²) in [5.74, 6) is 1.38. The largest absolute Gasteiger partial charge is 0.487 e. The molecule has 2 aromatic rings. The molecule has 0 atom stereocenters. The summed E-state index contributed by atoms with van der Waals surface area (Å²) >= 11 is 0. The number of nitrogen functional groups attached to an aromatic ring is 1. The Morgan fingerprint density at radius 1 is 1.28 bits per heavy atom. The van der Waals surface area contributed by atoms with Crippen LogP contribution in [-0.4, -0.2) is 9.55 Å². The highest BCUT2D eigenvalue weighted by Gasteiger charge is 2.07. The van der Waals surface area contributed by atoms with Gasteiger partial charge in [-0.1, -0.05) is 17.7 Å². The summed E-state index contributed by atoms with van der Waals surface area (Å²) < 4.78 is 7.60. The monoisotopic (exact) mass is 245 g/mol. The van der Waals surface area contributed by atoms with Gasteiger partial charge in [0.1, 0.15) is 12.4 Å². The van der Waals surface area contributed by atoms with E-state index < -0.39 is 0 Å². The summed E-state index contributed by atoms with van der Waals surface area (Å²) in [6.07, 6.45) is 1.94. The highest BCUT2D eigenvalue weighted by Crippen LogP contribution is 2.16. The lowest BCUT2D eigenvalue weighted by Gasteiger charge is -2.07. The van der Waals surface area contributed by atoms with Gasteiger partial charge in [-0.25, -0.2) is 4.98 Å². The molecule has 1 heterocycles. The Kier molecular flexibility index (Phi) is 3.55. The fraction of sp³-hybridized carbons (Fsp3) is 0.357. The number of aryl methyl sites for hydroxylation is 1. The summed E-state index contributed by atoms with van der Waals surface area (Å²) in [5, 5.41) is 0. The molecule has 0 saturated heterocycles. The number of hydrogen-bond acceptors (Lipinski definition) is 3. The molecule has 2 rings (SSSR count). The maximum atomic E-state index is 5.83. The van der Waals surface area contributed by atoms with Crippen molar-refractivity contribution >= 4 is 5.95 Å². The molecular formula is C14H19N3O. The van der Waals surface area contributed by atoms with Gasteiger partial charge in [0, 0.05) is 12.2 Å². The summed E-state index contributed by atoms with van der Waals surface area (Å²) in [4.78, 5) is 4.28. The standard InChI is InChI=1S/C14H19N3O/c1-10(2)17-8-12(16-14(17)15)9-18-13-6-4-11(3)5-7-13/h4-8,10H,9H2,1-3H3,(H2,15,16). The number of aromatic nitrogens is 2. The van der Waals surface area contributed by atoms with Crippen molar-refractivity contribution in [3.05, 3.63) is 41.7 Å². The molecule has 4 heteroatoms. The Hall–Kier alpha value is -1.97. The number of hydrogen-bond donors (Lipinski definition) is 1. The molecule has 2 N–H and O–H groups in total. The molecule has 4 nitrogen and oxygen atoms in total. The summed E-state index contributed by atoms with van der Waals surface area (Å²) in [5.41, 5.74) is 7.89. The molecular weight excluding hydrogens is 226 g/mol. The average Bonchev–Trinajstić information content (AvgIpc) is 2.70. The number of imidazole rings is 1. The van der Waals surface area contributed by atoms with Gasteiger partial charge in [0.15, 0.2) is 0 Å². The molecule has 18 heavy (non-hydrogen) atoms. The topological polar surface area (TPSA) is 53.1 Å². The summed E-state index contributed by atoms with van der Waals surface area (Å²) in [6.45, 7) is 6.63. The first-order valence-electron chi connectivity index (χ1n) is 6.09. The lowest BCUT2D eigenvalue weighted by molar-refractivity contribution is 0.301. The van der Waals surface area contributed by atoms with Crippen LogP contribution in [0.4, 0.5) is 5.95 Å². The molecule has 0 radical (unpaired) electrons. The second-order valence-electron chi connectivity index (χ2n) is 4.69. The fourth-order valence-corrected chi connectivity index (χ4v) is 1.74. The van der Waals surface area contributed by atoms with Crippen molar-refractivity contribution in [3.63, 3.8) is 0 Å². The second kappa shape index (κ2) is 5.12. The van der Waals surface area contributed by atoms with Crippen LogP contribution in [-0.2, 0) is 6.61 Å². The molecule has 0 saturated carbocycles. The highest BCUT2D eigenvalue weighted by molar-refractivity contribution is 5.27. The summed E-state index contributed by atoms with van der Waals surface area (Å²) in [6, 6.07) is 8.27. The van der Waals surface area contributed by atoms with E-state index in [9.17, 15) is 0 Å². The Labute approximate surface area is 107 Å². The van der Waals surface area contributed by atoms with E-state index in [1.807, 2.05) is 35.0 Å². The van der Waals surface area contributed by atoms with Crippen LogP contribution in [0.25, 0.3) is 0 Å². The van der Waals surface area contributed by atoms with E-state index in [2.05, 4.69) is 25.8 Å². The van der Waals surface area contributed by atoms with Crippen molar-refractivity contribution in [1.29, 1.82) is 0 Å². The molecule has 0 spiro atoms. The number of rotatable bonds is 4. The van der Waals surface area contributed by atoms with Gasteiger partial charge in [-0.3, -0.25) is 0 Å². The van der Waals surface area contributed by atoms with Crippen LogP contribution in [0.2, 0.25) is 0 Å². The van der Waals surface area contributed by atoms with Crippen LogP contribution < -0.4 is 10.5 Å². The minimum Gasteiger partial charge on any atom is -0.487 e. The predicted molar refractivity (Wildman–Crippen MR) is 72.5 cm³/mol. The molecule has 0 fully saturated rings. The third kappa shape index (κ3) is 2.83. The van der Waals surface area contributed by atoms with Gasteiger partial charge in [0.05, 0.1) is 5.69 Å². The molecule has 0 aliphatic heterocycles. The number of nitrogens with two attached hydrogens (primary N) is 1. The Bertz CT molecular complexity index is 514. The number of anilines is 1. The first kappa shape index (κ1) is 12.5. The molecule has 96 valence electrons. The van der Waals surface area contributed by atoms with Gasteiger partial charge in [0.25, 0.3) is 0 Å². The molecule has 0 aliphatic carbocycles. The van der Waals surface area contributed by atoms with E-state index in [0.717, 1.165) is 11.4 Å². The number of nitrogens with zero attached hydrogens (tertiary/aromatic N) is 2. The molecule has 1 aromatic carbocycles. The van der Waals surface area contributed by atoms with Crippen molar-refractivity contribution in [2.75, 3.05) is 5.73 Å². The van der Waals surface area contributed by atoms with Gasteiger partial charge < -0.3 is 15.0 Å². The van der Waals surface area contributed by atoms with Gasteiger partial charge in [-0.2, -0.15) is 0 Å². The second-order valence-corrected chi connectivity index (χ2v) is 4.69. The van der Waals surface area contributed by atoms with E-state index in [4.69, 9.17) is 10.5 Å². The highest BCUT2D eigenvalue weighted by atomic mass is 16.5. The van der Waals surface area contributed by atoms with E-state index >= 15 is 0 Å². The third-order valence-corrected chi connectivity index (χ3v) is 2.77. The first-order valence-corrected chi connectivity index (χ1v) is 6.09. The van der Waals surface area contributed by atoms with Crippen molar-refractivity contribution in [2.24, 2.45) is 0 Å². The molecule has 1 aromatic heterocycles. The summed E-state index contributed by atoms with van der Waals surface area (Å²) in [7, 11) is 0. The molecule has 0 unspecified atom stereocenters. The Morgan fingerprint density at radius 2 is 1.94 bits per heavy atom. The van der Waals surface area contributed by atoms with Gasteiger partial charge >= 0.3 is 0 Å². The lowest BCUT2D eigenvalue weighted by atomic mass is 10.2. The van der Waals surface area contributed by atoms with Crippen LogP contribution in [0.15, 0.2) is 30.5 Å². The maximum absolute atomic E-state index is 5.83. The Morgan fingerprint density at radius 3 is 2.50 bits per heavy atom. The van der Waals surface area contributed by atoms with Gasteiger partial charge in [-0.15, -0.1) is 0 Å². The van der Waals surface area contributed by atoms with Crippen molar-refractivity contribution in [1.82, 2.24) is 9.55 Å². The minimum atomic E-state index is 0.311. The Balaban J connectivity index is 2.02. The molecule has 0 amide bonds. The zero-order valence-corrected chi connectivity index (χ0v) is 11.1. The number of benzene rings is 1. The van der Waals surface area contributed by atoms with Crippen molar-refractivity contribution < 1.29 is 4.74 Å². The van der Waals surface area contributed by atoms with Crippen molar-refractivity contribution in [2.45, 2.75) is 33.4 Å². The normalized spacial score (nSPS) is 10.9. The van der Waals surface area contributed by atoms with Crippen LogP contribution in [0.3, 0.4) is 0 Å². The van der Waals surface area contributed by atoms with Crippen molar-refractivity contribution in [3.8, 4) is 5.75 Å². The zero-order chi connectivity index (χ0) is 13.1. The number of ether oxygens (including phenoxy) is 1. The minimum absolute atomic E-state index is 0.311. The van der Waals surface area contributed by atoms with E-state index in [-0.39, 0.29) is 0 Å². The third-order valence-electron chi connectivity index (χ3n) is 2.77. The lowest BCUT2D eigenvalue weighted by Crippen LogP contribution is -2.03. The van der Waals surface area contributed by atoms with Crippen LogP contribution >= 0.6 is 0 Å². The molecule has 0 aliphatic rings. The SMILES string of the molecule is Cc1ccc(OCc2cn(C(C)C)c(N)n2)cc1. The van der Waals surface area contributed by atoms with Gasteiger partial charge in [0.2, 0.25) is 5.95 Å². The van der Waals surface area contributed by atoms with Gasteiger partial charge in [-0.05, 0) is 32.9 Å². The van der Waals surface area contributed by atoms with E-state index in [0.29, 0.717) is 18.6 Å². The fourth-order valence-electron chi connectivity index (χ4n) is 1.74. The van der Waals surface area contributed by atoms with Crippen LogP contribution in [0, 0.1) is 6.92 Å². The van der Waals surface area contributed by atoms with Crippen LogP contribution in [0.1, 0.15) is 31.1 Å². The predicted octanol–water partition coefficient (Wildman–Crippen LogP) is 2.93. The maximum Gasteiger partial charge on any atom is 0.200 e. The van der Waals surface area contributed by atoms with E-state index in [1.165, 1.54) is 5.56 Å². The zero-order valence-electron chi connectivity index (χ0n) is 11.1. The quantitative estimate of drug-likeness (QED) is 0.901. The van der Waals surface area contributed by atoms with Crippen LogP contribution in [0.5, 0.6) is 5.75 Å². The first-order chi connectivity index (χ1) is 8.56. The smallest absolute Gasteiger partial charge is 0.200 e. The molecule has 0 bridgehead atoms. The average molecular weight is 245 g/mol. The van der Waals surface area contributed by atoms with E-state index in [1.54, 1.807) is 0 Å².